The molecule has 0 unspecified atom stereocenters. The zero-order valence-electron chi connectivity index (χ0n) is 10.7. The fourth-order valence-corrected chi connectivity index (χ4v) is 2.27. The molecule has 0 radical (unpaired) electrons. The first-order valence-electron chi connectivity index (χ1n) is 6.63. The summed E-state index contributed by atoms with van der Waals surface area (Å²) in [6.07, 6.45) is 6.54. The Labute approximate surface area is 108 Å². The molecule has 3 nitrogen and oxygen atoms in total. The van der Waals surface area contributed by atoms with Gasteiger partial charge in [-0.05, 0) is 25.3 Å². The fraction of sp³-hybridized carbons (Fsp3) is 0.400. The highest BCUT2D eigenvalue weighted by atomic mass is 15.1. The SMILES string of the molecule is C[C@H](NCc1cncn1C1CC1)c1ccccc1. The minimum atomic E-state index is 0.369. The highest BCUT2D eigenvalue weighted by Crippen LogP contribution is 2.35. The van der Waals surface area contributed by atoms with Gasteiger partial charge in [-0.3, -0.25) is 0 Å². The summed E-state index contributed by atoms with van der Waals surface area (Å²) in [6.45, 7) is 3.08. The Kier molecular flexibility index (Phi) is 3.15. The number of aromatic nitrogens is 2. The number of rotatable bonds is 5. The molecule has 3 rings (SSSR count). The molecule has 2 aromatic rings. The van der Waals surface area contributed by atoms with Gasteiger partial charge in [0.05, 0.1) is 12.0 Å². The first-order valence-corrected chi connectivity index (χ1v) is 6.63. The number of hydrogen-bond acceptors (Lipinski definition) is 2. The van der Waals surface area contributed by atoms with Crippen molar-refractivity contribution in [3.05, 3.63) is 54.1 Å². The van der Waals surface area contributed by atoms with Gasteiger partial charge in [0.1, 0.15) is 0 Å². The van der Waals surface area contributed by atoms with Crippen LogP contribution >= 0.6 is 0 Å². The Morgan fingerprint density at radius 1 is 1.33 bits per heavy atom. The minimum absolute atomic E-state index is 0.369. The molecule has 1 N–H and O–H groups in total. The largest absolute Gasteiger partial charge is 0.330 e. The van der Waals surface area contributed by atoms with Crippen molar-refractivity contribution in [1.82, 2.24) is 14.9 Å². The van der Waals surface area contributed by atoms with E-state index in [9.17, 15) is 0 Å². The molecule has 1 atom stereocenters. The minimum Gasteiger partial charge on any atom is -0.330 e. The predicted molar refractivity (Wildman–Crippen MR) is 72.2 cm³/mol. The van der Waals surface area contributed by atoms with E-state index in [0.717, 1.165) is 6.54 Å². The van der Waals surface area contributed by atoms with Crippen molar-refractivity contribution >= 4 is 0 Å². The third-order valence-electron chi connectivity index (χ3n) is 3.58. The van der Waals surface area contributed by atoms with Crippen LogP contribution in [0, 0.1) is 0 Å². The van der Waals surface area contributed by atoms with Crippen molar-refractivity contribution in [2.75, 3.05) is 0 Å². The van der Waals surface area contributed by atoms with Gasteiger partial charge in [0.25, 0.3) is 0 Å². The van der Waals surface area contributed by atoms with Crippen molar-refractivity contribution in [3.63, 3.8) is 0 Å². The Hall–Kier alpha value is -1.61. The Balaban J connectivity index is 1.62. The van der Waals surface area contributed by atoms with Crippen LogP contribution in [0.5, 0.6) is 0 Å². The molecule has 0 saturated heterocycles. The summed E-state index contributed by atoms with van der Waals surface area (Å²) in [4.78, 5) is 4.26. The van der Waals surface area contributed by atoms with Crippen LogP contribution in [0.4, 0.5) is 0 Å². The van der Waals surface area contributed by atoms with Crippen LogP contribution < -0.4 is 5.32 Å². The van der Waals surface area contributed by atoms with E-state index in [4.69, 9.17) is 0 Å². The van der Waals surface area contributed by atoms with Crippen LogP contribution in [0.25, 0.3) is 0 Å². The lowest BCUT2D eigenvalue weighted by molar-refractivity contribution is 0.547. The Morgan fingerprint density at radius 3 is 2.83 bits per heavy atom. The number of hydrogen-bond donors (Lipinski definition) is 1. The standard InChI is InChI=1S/C15H19N3/c1-12(13-5-3-2-4-6-13)17-10-15-9-16-11-18(15)14-7-8-14/h2-6,9,11-12,14,17H,7-8,10H2,1H3/t12-/m0/s1. The zero-order chi connectivity index (χ0) is 12.4. The molecule has 1 fully saturated rings. The molecule has 94 valence electrons. The summed E-state index contributed by atoms with van der Waals surface area (Å²) in [7, 11) is 0. The summed E-state index contributed by atoms with van der Waals surface area (Å²) >= 11 is 0. The van der Waals surface area contributed by atoms with E-state index in [1.54, 1.807) is 0 Å². The molecule has 0 spiro atoms. The summed E-state index contributed by atoms with van der Waals surface area (Å²) < 4.78 is 2.31. The molecule has 1 aliphatic carbocycles. The molecule has 1 saturated carbocycles. The van der Waals surface area contributed by atoms with Gasteiger partial charge in [-0.25, -0.2) is 4.98 Å². The summed E-state index contributed by atoms with van der Waals surface area (Å²) in [6, 6.07) is 11.6. The van der Waals surface area contributed by atoms with Gasteiger partial charge in [-0.2, -0.15) is 0 Å². The normalized spacial score (nSPS) is 16.7. The predicted octanol–water partition coefficient (Wildman–Crippen LogP) is 3.07. The smallest absolute Gasteiger partial charge is 0.0951 e. The average Bonchev–Trinajstić information content (AvgIpc) is 3.16. The number of benzene rings is 1. The van der Waals surface area contributed by atoms with Crippen LogP contribution in [-0.4, -0.2) is 9.55 Å². The summed E-state index contributed by atoms with van der Waals surface area (Å²) in [5.41, 5.74) is 2.62. The van der Waals surface area contributed by atoms with Gasteiger partial charge in [0.15, 0.2) is 0 Å². The Morgan fingerprint density at radius 2 is 2.11 bits per heavy atom. The monoisotopic (exact) mass is 241 g/mol. The van der Waals surface area contributed by atoms with Crippen molar-refractivity contribution in [1.29, 1.82) is 0 Å². The van der Waals surface area contributed by atoms with Crippen molar-refractivity contribution < 1.29 is 0 Å². The Bertz CT molecular complexity index is 499. The lowest BCUT2D eigenvalue weighted by Crippen LogP contribution is -2.19. The van der Waals surface area contributed by atoms with Crippen LogP contribution in [0.15, 0.2) is 42.9 Å². The molecule has 0 bridgehead atoms. The van der Waals surface area contributed by atoms with Gasteiger partial charge < -0.3 is 9.88 Å². The maximum absolute atomic E-state index is 4.26. The van der Waals surface area contributed by atoms with E-state index in [2.05, 4.69) is 52.1 Å². The molecule has 0 amide bonds. The van der Waals surface area contributed by atoms with Crippen LogP contribution in [0.3, 0.4) is 0 Å². The van der Waals surface area contributed by atoms with Crippen LogP contribution in [-0.2, 0) is 6.54 Å². The highest BCUT2D eigenvalue weighted by Gasteiger charge is 2.25. The second-order valence-corrected chi connectivity index (χ2v) is 5.04. The molecule has 1 aliphatic rings. The first kappa shape index (κ1) is 11.5. The van der Waals surface area contributed by atoms with E-state index in [-0.39, 0.29) is 0 Å². The molecular formula is C15H19N3. The van der Waals surface area contributed by atoms with Gasteiger partial charge in [-0.15, -0.1) is 0 Å². The summed E-state index contributed by atoms with van der Waals surface area (Å²) in [5.74, 6) is 0. The van der Waals surface area contributed by atoms with Crippen molar-refractivity contribution in [2.45, 2.75) is 38.4 Å². The zero-order valence-corrected chi connectivity index (χ0v) is 10.7. The highest BCUT2D eigenvalue weighted by molar-refractivity contribution is 5.18. The molecule has 18 heavy (non-hydrogen) atoms. The van der Waals surface area contributed by atoms with Crippen LogP contribution in [0.1, 0.15) is 43.1 Å². The molecule has 1 aromatic carbocycles. The lowest BCUT2D eigenvalue weighted by Gasteiger charge is -2.15. The third-order valence-corrected chi connectivity index (χ3v) is 3.58. The van der Waals surface area contributed by atoms with Crippen molar-refractivity contribution in [3.8, 4) is 0 Å². The second-order valence-electron chi connectivity index (χ2n) is 5.04. The fourth-order valence-electron chi connectivity index (χ4n) is 2.27. The topological polar surface area (TPSA) is 29.9 Å². The van der Waals surface area contributed by atoms with Crippen LogP contribution in [0.2, 0.25) is 0 Å². The lowest BCUT2D eigenvalue weighted by atomic mass is 10.1. The average molecular weight is 241 g/mol. The van der Waals surface area contributed by atoms with Gasteiger partial charge in [0, 0.05) is 24.8 Å². The third kappa shape index (κ3) is 2.46. The molecule has 1 heterocycles. The summed E-state index contributed by atoms with van der Waals surface area (Å²) in [5, 5.41) is 3.56. The molecule has 3 heteroatoms. The van der Waals surface area contributed by atoms with Gasteiger partial charge >= 0.3 is 0 Å². The van der Waals surface area contributed by atoms with E-state index < -0.39 is 0 Å². The first-order chi connectivity index (χ1) is 8.84. The molecule has 1 aromatic heterocycles. The van der Waals surface area contributed by atoms with Gasteiger partial charge in [0.2, 0.25) is 0 Å². The van der Waals surface area contributed by atoms with E-state index in [1.165, 1.54) is 24.1 Å². The molecule has 0 aliphatic heterocycles. The quantitative estimate of drug-likeness (QED) is 0.872. The molecular weight excluding hydrogens is 222 g/mol. The number of nitrogens with one attached hydrogen (secondary N) is 1. The van der Waals surface area contributed by atoms with E-state index >= 15 is 0 Å². The second kappa shape index (κ2) is 4.94. The van der Waals surface area contributed by atoms with Crippen molar-refractivity contribution in [2.24, 2.45) is 0 Å². The van der Waals surface area contributed by atoms with E-state index in [1.807, 2.05) is 12.5 Å². The number of imidazole rings is 1. The maximum Gasteiger partial charge on any atom is 0.0951 e. The maximum atomic E-state index is 4.26. The number of nitrogens with zero attached hydrogens (tertiary/aromatic N) is 2. The van der Waals surface area contributed by atoms with Gasteiger partial charge in [-0.1, -0.05) is 30.3 Å². The van der Waals surface area contributed by atoms with E-state index in [0.29, 0.717) is 12.1 Å².